The number of piperazine rings is 1. The van der Waals surface area contributed by atoms with Crippen LogP contribution in [0.4, 0.5) is 9.59 Å². The van der Waals surface area contributed by atoms with Gasteiger partial charge in [0.05, 0.1) is 23.6 Å². The lowest BCUT2D eigenvalue weighted by molar-refractivity contribution is -0.124. The SMILES string of the molecule is CN1CCN(C(=O)N[C@@H](CCN2CCOCC2)C(=O)N[C@H](CC[C@H](Cc2ccccc2)NC(=O)OCc2cncs2)Cc2ccccc2)CC1. The number of hydrogen-bond donors (Lipinski definition) is 3. The van der Waals surface area contributed by atoms with Gasteiger partial charge in [0.15, 0.2) is 0 Å². The molecule has 2 aromatic carbocycles. The third-order valence-corrected chi connectivity index (χ3v) is 10.0. The summed E-state index contributed by atoms with van der Waals surface area (Å²) in [6.07, 6.45) is 4.14. The zero-order chi connectivity index (χ0) is 35.0. The number of amides is 4. The topological polar surface area (TPSA) is 128 Å². The molecule has 2 aliphatic heterocycles. The molecule has 0 unspecified atom stereocenters. The van der Waals surface area contributed by atoms with Gasteiger partial charge < -0.3 is 35.2 Å². The molecule has 0 aliphatic carbocycles. The third kappa shape index (κ3) is 12.7. The average Bonchev–Trinajstić information content (AvgIpc) is 3.67. The largest absolute Gasteiger partial charge is 0.444 e. The Labute approximate surface area is 299 Å². The maximum atomic E-state index is 14.1. The molecule has 0 bridgehead atoms. The van der Waals surface area contributed by atoms with E-state index in [-0.39, 0.29) is 30.6 Å². The first-order valence-corrected chi connectivity index (χ1v) is 18.5. The number of aromatic nitrogens is 1. The van der Waals surface area contributed by atoms with Gasteiger partial charge in [0.1, 0.15) is 12.6 Å². The van der Waals surface area contributed by atoms with Crippen LogP contribution < -0.4 is 16.0 Å². The van der Waals surface area contributed by atoms with Crippen LogP contribution in [0.2, 0.25) is 0 Å². The predicted molar refractivity (Wildman–Crippen MR) is 194 cm³/mol. The van der Waals surface area contributed by atoms with Crippen LogP contribution in [0.5, 0.6) is 0 Å². The summed E-state index contributed by atoms with van der Waals surface area (Å²) < 4.78 is 11.0. The van der Waals surface area contributed by atoms with Crippen molar-refractivity contribution < 1.29 is 23.9 Å². The van der Waals surface area contributed by atoms with Crippen LogP contribution >= 0.6 is 11.3 Å². The highest BCUT2D eigenvalue weighted by Gasteiger charge is 2.28. The van der Waals surface area contributed by atoms with E-state index in [9.17, 15) is 14.4 Å². The maximum absolute atomic E-state index is 14.1. The molecule has 2 aliphatic rings. The Balaban J connectivity index is 1.27. The highest BCUT2D eigenvalue weighted by molar-refractivity contribution is 7.09. The minimum atomic E-state index is -0.691. The standard InChI is InChI=1S/C37H51N7O5S/c1-42-16-18-44(19-17-42)36(46)41-34(14-15-43-20-22-48-23-21-43)35(45)39-31(24-29-8-4-2-5-9-29)12-13-32(25-30-10-6-3-7-11-30)40-37(47)49-27-33-26-38-28-50-33/h2-11,26,28,31-32,34H,12-25,27H2,1H3,(H,39,45)(H,40,47)(H,41,46)/t31-,32-,34+/m1/s1. The van der Waals surface area contributed by atoms with Crippen LogP contribution in [-0.2, 0) is 33.7 Å². The number of nitrogens with one attached hydrogen (secondary N) is 3. The number of rotatable bonds is 16. The van der Waals surface area contributed by atoms with Gasteiger partial charge in [-0.3, -0.25) is 14.7 Å². The molecule has 3 heterocycles. The number of alkyl carbamates (subject to hydrolysis) is 1. The third-order valence-electron chi connectivity index (χ3n) is 9.25. The fraction of sp³-hybridized carbons (Fsp3) is 0.514. The van der Waals surface area contributed by atoms with Gasteiger partial charge in [0.2, 0.25) is 5.91 Å². The van der Waals surface area contributed by atoms with Crippen LogP contribution in [0.1, 0.15) is 35.3 Å². The van der Waals surface area contributed by atoms with Crippen LogP contribution in [0.3, 0.4) is 0 Å². The van der Waals surface area contributed by atoms with Gasteiger partial charge >= 0.3 is 12.1 Å². The number of nitrogens with zero attached hydrogens (tertiary/aromatic N) is 4. The molecule has 3 atom stereocenters. The number of benzene rings is 2. The van der Waals surface area contributed by atoms with Gasteiger partial charge in [-0.25, -0.2) is 9.59 Å². The van der Waals surface area contributed by atoms with Crippen molar-refractivity contribution in [1.82, 2.24) is 35.6 Å². The summed E-state index contributed by atoms with van der Waals surface area (Å²) in [5.74, 6) is -0.196. The van der Waals surface area contributed by atoms with E-state index in [4.69, 9.17) is 9.47 Å². The minimum Gasteiger partial charge on any atom is -0.444 e. The monoisotopic (exact) mass is 705 g/mol. The van der Waals surface area contributed by atoms with Gasteiger partial charge in [0.25, 0.3) is 0 Å². The summed E-state index contributed by atoms with van der Waals surface area (Å²) in [5, 5.41) is 9.47. The van der Waals surface area contributed by atoms with Crippen molar-refractivity contribution in [2.75, 3.05) is 66.1 Å². The number of thiazole rings is 1. The first kappa shape index (κ1) is 37.2. The Morgan fingerprint density at radius 2 is 1.44 bits per heavy atom. The van der Waals surface area contributed by atoms with Gasteiger partial charge in [-0.15, -0.1) is 11.3 Å². The van der Waals surface area contributed by atoms with Crippen LogP contribution in [0.25, 0.3) is 0 Å². The van der Waals surface area contributed by atoms with Crippen molar-refractivity contribution in [2.45, 2.75) is 56.8 Å². The summed E-state index contributed by atoms with van der Waals surface area (Å²) in [6.45, 7) is 6.63. The second-order valence-corrected chi connectivity index (χ2v) is 14.1. The summed E-state index contributed by atoms with van der Waals surface area (Å²) >= 11 is 1.44. The highest BCUT2D eigenvalue weighted by Crippen LogP contribution is 2.15. The van der Waals surface area contributed by atoms with E-state index in [1.54, 1.807) is 16.6 Å². The summed E-state index contributed by atoms with van der Waals surface area (Å²) in [7, 11) is 2.05. The molecule has 5 rings (SSSR count). The molecule has 12 nitrogen and oxygen atoms in total. The van der Waals surface area contributed by atoms with E-state index in [1.165, 1.54) is 11.3 Å². The Morgan fingerprint density at radius 1 is 0.820 bits per heavy atom. The van der Waals surface area contributed by atoms with Gasteiger partial charge in [0, 0.05) is 64.1 Å². The molecule has 0 radical (unpaired) electrons. The smallest absolute Gasteiger partial charge is 0.407 e. The fourth-order valence-corrected chi connectivity index (χ4v) is 6.77. The van der Waals surface area contributed by atoms with Crippen molar-refractivity contribution in [3.8, 4) is 0 Å². The van der Waals surface area contributed by atoms with Crippen molar-refractivity contribution in [1.29, 1.82) is 0 Å². The van der Waals surface area contributed by atoms with Crippen LogP contribution in [0, 0.1) is 0 Å². The van der Waals surface area contributed by atoms with Gasteiger partial charge in [-0.05, 0) is 50.3 Å². The normalized spacial score (nSPS) is 17.3. The zero-order valence-corrected chi connectivity index (χ0v) is 29.8. The van der Waals surface area contributed by atoms with E-state index in [2.05, 4.69) is 42.9 Å². The average molecular weight is 706 g/mol. The molecule has 4 amide bonds. The van der Waals surface area contributed by atoms with E-state index < -0.39 is 12.1 Å². The summed E-state index contributed by atoms with van der Waals surface area (Å²) in [4.78, 5) is 51.6. The first-order valence-electron chi connectivity index (χ1n) is 17.6. The fourth-order valence-electron chi connectivity index (χ4n) is 6.27. The molecule has 270 valence electrons. The van der Waals surface area contributed by atoms with E-state index in [0.29, 0.717) is 65.0 Å². The molecule has 1 aromatic heterocycles. The number of morpholine rings is 1. The zero-order valence-electron chi connectivity index (χ0n) is 29.0. The summed E-state index contributed by atoms with van der Waals surface area (Å²) in [5.41, 5.74) is 3.90. The lowest BCUT2D eigenvalue weighted by atomic mass is 9.95. The molecule has 13 heteroatoms. The minimum absolute atomic E-state index is 0.160. The number of carbonyl (C=O) groups is 3. The second-order valence-electron chi connectivity index (χ2n) is 13.1. The molecule has 0 spiro atoms. The van der Waals surface area contributed by atoms with Crippen molar-refractivity contribution >= 4 is 29.4 Å². The van der Waals surface area contributed by atoms with E-state index in [1.807, 2.05) is 55.6 Å². The molecule has 3 aromatic rings. The van der Waals surface area contributed by atoms with Crippen molar-refractivity contribution in [3.05, 3.63) is 88.4 Å². The molecular formula is C37H51N7O5S. The van der Waals surface area contributed by atoms with E-state index >= 15 is 0 Å². The first-order chi connectivity index (χ1) is 24.4. The summed E-state index contributed by atoms with van der Waals surface area (Å²) in [6, 6.07) is 18.8. The quantitative estimate of drug-likeness (QED) is 0.207. The molecule has 50 heavy (non-hydrogen) atoms. The molecule has 2 saturated heterocycles. The number of urea groups is 1. The Bertz CT molecular complexity index is 1430. The molecule has 2 fully saturated rings. The number of carbonyl (C=O) groups excluding carboxylic acids is 3. The van der Waals surface area contributed by atoms with Crippen LogP contribution in [-0.4, -0.2) is 122 Å². The van der Waals surface area contributed by atoms with E-state index in [0.717, 1.165) is 42.2 Å². The van der Waals surface area contributed by atoms with Gasteiger partial charge in [-0.2, -0.15) is 0 Å². The lowest BCUT2D eigenvalue weighted by Crippen LogP contribution is -2.57. The number of likely N-dealkylation sites (N-methyl/N-ethyl adjacent to an activating group) is 1. The van der Waals surface area contributed by atoms with Gasteiger partial charge in [-0.1, -0.05) is 60.7 Å². The lowest BCUT2D eigenvalue weighted by Gasteiger charge is -2.34. The van der Waals surface area contributed by atoms with Crippen molar-refractivity contribution in [2.24, 2.45) is 0 Å². The second kappa shape index (κ2) is 20.0. The molecular weight excluding hydrogens is 655 g/mol. The van der Waals surface area contributed by atoms with Crippen LogP contribution in [0.15, 0.2) is 72.4 Å². The molecule has 3 N–H and O–H groups in total. The number of hydrogen-bond acceptors (Lipinski definition) is 9. The van der Waals surface area contributed by atoms with Crippen molar-refractivity contribution in [3.63, 3.8) is 0 Å². The molecule has 0 saturated carbocycles. The number of ether oxygens (including phenoxy) is 2. The Morgan fingerprint density at radius 3 is 2.04 bits per heavy atom. The predicted octanol–water partition coefficient (Wildman–Crippen LogP) is 3.54. The highest BCUT2D eigenvalue weighted by atomic mass is 32.1. The maximum Gasteiger partial charge on any atom is 0.407 e. The Hall–Kier alpha value is -4.04. The Kier molecular flexibility index (Phi) is 14.9.